The van der Waals surface area contributed by atoms with Gasteiger partial charge in [0.1, 0.15) is 11.4 Å². The first kappa shape index (κ1) is 19.9. The molecule has 8 heteroatoms. The summed E-state index contributed by atoms with van der Waals surface area (Å²) in [6, 6.07) is 8.02. The van der Waals surface area contributed by atoms with Gasteiger partial charge in [0.2, 0.25) is 0 Å². The molecule has 5 nitrogen and oxygen atoms in total. The molecular formula is C20H20F3N3O2. The van der Waals surface area contributed by atoms with Crippen LogP contribution in [0.1, 0.15) is 37.9 Å². The van der Waals surface area contributed by atoms with E-state index < -0.39 is 11.9 Å². The number of aromatic amines is 1. The van der Waals surface area contributed by atoms with E-state index in [4.69, 9.17) is 4.74 Å². The van der Waals surface area contributed by atoms with E-state index in [9.17, 15) is 18.0 Å². The molecule has 1 heterocycles. The number of halogens is 3. The van der Waals surface area contributed by atoms with Gasteiger partial charge in [0, 0.05) is 23.6 Å². The maximum absolute atomic E-state index is 12.8. The lowest BCUT2D eigenvalue weighted by Gasteiger charge is -2.31. The Morgan fingerprint density at radius 2 is 1.96 bits per heavy atom. The van der Waals surface area contributed by atoms with Crippen LogP contribution in [0.5, 0.6) is 5.75 Å². The van der Waals surface area contributed by atoms with Gasteiger partial charge in [-0.1, -0.05) is 32.0 Å². The zero-order chi connectivity index (χ0) is 20.5. The number of aromatic nitrogens is 2. The number of para-hydroxylation sites is 1. The van der Waals surface area contributed by atoms with Crippen LogP contribution < -0.4 is 4.74 Å². The average molecular weight is 391 g/mol. The van der Waals surface area contributed by atoms with Crippen molar-refractivity contribution >= 4 is 23.4 Å². The summed E-state index contributed by atoms with van der Waals surface area (Å²) in [4.78, 5) is 17.1. The third-order valence-electron chi connectivity index (χ3n) is 4.45. The highest BCUT2D eigenvalue weighted by Crippen LogP contribution is 2.37. The largest absolute Gasteiger partial charge is 0.496 e. The molecule has 28 heavy (non-hydrogen) atoms. The van der Waals surface area contributed by atoms with Crippen molar-refractivity contribution in [3.8, 4) is 5.75 Å². The normalized spacial score (nSPS) is 20.0. The summed E-state index contributed by atoms with van der Waals surface area (Å²) < 4.78 is 43.8. The van der Waals surface area contributed by atoms with Gasteiger partial charge in [-0.3, -0.25) is 9.89 Å². The van der Waals surface area contributed by atoms with Crippen LogP contribution in [0.2, 0.25) is 0 Å². The minimum absolute atomic E-state index is 0.112. The quantitative estimate of drug-likeness (QED) is 0.750. The molecular weight excluding hydrogens is 371 g/mol. The van der Waals surface area contributed by atoms with Crippen LogP contribution in [-0.4, -0.2) is 28.8 Å². The van der Waals surface area contributed by atoms with Gasteiger partial charge in [0.15, 0.2) is 11.6 Å². The van der Waals surface area contributed by atoms with Crippen molar-refractivity contribution in [2.45, 2.75) is 32.9 Å². The maximum Gasteiger partial charge on any atom is 0.432 e. The number of Topliss-reactive ketones (excluding diaryl/α,β-unsaturated/α-hetero) is 1. The van der Waals surface area contributed by atoms with Gasteiger partial charge < -0.3 is 4.74 Å². The number of benzene rings is 1. The summed E-state index contributed by atoms with van der Waals surface area (Å²) in [5.41, 5.74) is 0.132. The molecule has 1 aromatic heterocycles. The summed E-state index contributed by atoms with van der Waals surface area (Å²) in [5.74, 6) is 0.359. The van der Waals surface area contributed by atoms with Crippen LogP contribution in [0, 0.1) is 5.41 Å². The molecule has 1 fully saturated rings. The first-order valence-corrected chi connectivity index (χ1v) is 8.67. The van der Waals surface area contributed by atoms with Crippen LogP contribution >= 0.6 is 0 Å². The van der Waals surface area contributed by atoms with Gasteiger partial charge in [0.25, 0.3) is 0 Å². The molecule has 3 rings (SSSR count). The third kappa shape index (κ3) is 4.32. The van der Waals surface area contributed by atoms with Crippen LogP contribution in [-0.2, 0) is 11.0 Å². The van der Waals surface area contributed by atoms with E-state index in [1.54, 1.807) is 18.2 Å². The molecule has 1 saturated carbocycles. The molecule has 0 radical (unpaired) electrons. The highest BCUT2D eigenvalue weighted by Gasteiger charge is 2.36. The fourth-order valence-electron chi connectivity index (χ4n) is 3.16. The Kier molecular flexibility index (Phi) is 5.14. The molecule has 1 N–H and O–H groups in total. The van der Waals surface area contributed by atoms with E-state index in [1.165, 1.54) is 7.11 Å². The molecule has 0 unspecified atom stereocenters. The van der Waals surface area contributed by atoms with Gasteiger partial charge in [-0.2, -0.15) is 18.3 Å². The summed E-state index contributed by atoms with van der Waals surface area (Å²) in [5, 5.41) is 5.57. The Bertz CT molecular complexity index is 956. The number of rotatable bonds is 3. The number of methoxy groups -OCH3 is 1. The smallest absolute Gasteiger partial charge is 0.432 e. The first-order valence-electron chi connectivity index (χ1n) is 8.67. The molecule has 1 aliphatic carbocycles. The van der Waals surface area contributed by atoms with Crippen molar-refractivity contribution in [1.82, 2.24) is 10.2 Å². The van der Waals surface area contributed by atoms with Crippen molar-refractivity contribution in [2.75, 3.05) is 7.11 Å². The number of ketones is 1. The Balaban J connectivity index is 2.07. The summed E-state index contributed by atoms with van der Waals surface area (Å²) in [7, 11) is 1.53. The number of nitrogens with one attached hydrogen (secondary N) is 1. The van der Waals surface area contributed by atoms with Gasteiger partial charge >= 0.3 is 6.18 Å². The number of aliphatic imine (C=N–C) groups is 1. The SMILES string of the molecule is COc1ccccc1/C=C1\C(=O)CC(C)(C)CC1=Nc1cc(C(F)(F)F)[nH]n1. The van der Waals surface area contributed by atoms with Gasteiger partial charge in [0.05, 0.1) is 12.8 Å². The average Bonchev–Trinajstić information content (AvgIpc) is 3.06. The van der Waals surface area contributed by atoms with Crippen molar-refractivity contribution in [1.29, 1.82) is 0 Å². The number of ether oxygens (including phenoxy) is 1. The van der Waals surface area contributed by atoms with E-state index in [-0.39, 0.29) is 17.0 Å². The monoisotopic (exact) mass is 391 g/mol. The zero-order valence-electron chi connectivity index (χ0n) is 15.7. The summed E-state index contributed by atoms with van der Waals surface area (Å²) >= 11 is 0. The molecule has 0 saturated heterocycles. The van der Waals surface area contributed by atoms with Crippen LogP contribution in [0.15, 0.2) is 40.9 Å². The molecule has 1 aliphatic rings. The second-order valence-corrected chi connectivity index (χ2v) is 7.44. The zero-order valence-corrected chi connectivity index (χ0v) is 15.7. The molecule has 0 atom stereocenters. The van der Waals surface area contributed by atoms with Gasteiger partial charge in [-0.25, -0.2) is 4.99 Å². The summed E-state index contributed by atoms with van der Waals surface area (Å²) in [6.07, 6.45) is -2.11. The highest BCUT2D eigenvalue weighted by molar-refractivity contribution is 6.27. The predicted molar refractivity (Wildman–Crippen MR) is 99.7 cm³/mol. The van der Waals surface area contributed by atoms with E-state index in [1.807, 2.05) is 31.1 Å². The first-order chi connectivity index (χ1) is 13.1. The Labute approximate surface area is 160 Å². The Morgan fingerprint density at radius 1 is 1.25 bits per heavy atom. The minimum Gasteiger partial charge on any atom is -0.496 e. The van der Waals surface area contributed by atoms with Crippen LogP contribution in [0.25, 0.3) is 6.08 Å². The molecule has 0 amide bonds. The predicted octanol–water partition coefficient (Wildman–Crippen LogP) is 4.98. The van der Waals surface area contributed by atoms with E-state index in [0.29, 0.717) is 35.4 Å². The number of nitrogens with zero attached hydrogens (tertiary/aromatic N) is 2. The fraction of sp³-hybridized carbons (Fsp3) is 0.350. The molecule has 1 aromatic carbocycles. The van der Waals surface area contributed by atoms with Crippen molar-refractivity contribution in [3.05, 3.63) is 47.2 Å². The molecule has 0 aliphatic heterocycles. The van der Waals surface area contributed by atoms with Crippen LogP contribution in [0.4, 0.5) is 19.0 Å². The number of H-pyrrole nitrogens is 1. The van der Waals surface area contributed by atoms with Crippen LogP contribution in [0.3, 0.4) is 0 Å². The van der Waals surface area contributed by atoms with E-state index >= 15 is 0 Å². The number of alkyl halides is 3. The standard InChI is InChI=1S/C20H20F3N3O2/c1-19(2)10-14(24-18-9-17(25-26-18)20(21,22)23)13(15(27)11-19)8-12-6-4-5-7-16(12)28-3/h4-9H,10-11H2,1-3H3,(H,25,26)/b13-8-,24-14?. The van der Waals surface area contributed by atoms with Crippen molar-refractivity contribution in [3.63, 3.8) is 0 Å². The second kappa shape index (κ2) is 7.26. The maximum atomic E-state index is 12.8. The lowest BCUT2D eigenvalue weighted by atomic mass is 9.73. The topological polar surface area (TPSA) is 67.3 Å². The fourth-order valence-corrected chi connectivity index (χ4v) is 3.16. The minimum atomic E-state index is -4.54. The van der Waals surface area contributed by atoms with Crippen molar-refractivity contribution < 1.29 is 22.7 Å². The molecule has 0 spiro atoms. The molecule has 0 bridgehead atoms. The van der Waals surface area contributed by atoms with Gasteiger partial charge in [-0.15, -0.1) is 0 Å². The van der Waals surface area contributed by atoms with Crippen molar-refractivity contribution in [2.24, 2.45) is 10.4 Å². The Morgan fingerprint density at radius 3 is 2.61 bits per heavy atom. The number of allylic oxidation sites excluding steroid dienone is 1. The van der Waals surface area contributed by atoms with E-state index in [2.05, 4.69) is 10.1 Å². The number of hydrogen-bond acceptors (Lipinski definition) is 4. The molecule has 148 valence electrons. The lowest BCUT2D eigenvalue weighted by Crippen LogP contribution is -2.31. The number of hydrogen-bond donors (Lipinski definition) is 1. The number of carbonyl (C=O) groups excluding carboxylic acids is 1. The molecule has 2 aromatic rings. The Hall–Kier alpha value is -2.90. The third-order valence-corrected chi connectivity index (χ3v) is 4.45. The second-order valence-electron chi connectivity index (χ2n) is 7.44. The van der Waals surface area contributed by atoms with Gasteiger partial charge in [-0.05, 0) is 24.0 Å². The highest BCUT2D eigenvalue weighted by atomic mass is 19.4. The summed E-state index contributed by atoms with van der Waals surface area (Å²) in [6.45, 7) is 3.85. The lowest BCUT2D eigenvalue weighted by molar-refractivity contribution is -0.141. The van der Waals surface area contributed by atoms with E-state index in [0.717, 1.165) is 6.07 Å². The number of carbonyl (C=O) groups is 1.